The van der Waals surface area contributed by atoms with E-state index < -0.39 is 0 Å². The number of rotatable bonds is 6. The number of nitrogens with zero attached hydrogens (tertiary/aromatic N) is 4. The fourth-order valence-corrected chi connectivity index (χ4v) is 2.45. The van der Waals surface area contributed by atoms with Gasteiger partial charge in [0, 0.05) is 11.9 Å². The summed E-state index contributed by atoms with van der Waals surface area (Å²) in [4.78, 5) is 0. The highest BCUT2D eigenvalue weighted by Gasteiger charge is 2.06. The Labute approximate surface area is 151 Å². The Morgan fingerprint density at radius 3 is 2.88 bits per heavy atom. The van der Waals surface area contributed by atoms with Gasteiger partial charge in [-0.3, -0.25) is 0 Å². The third kappa shape index (κ3) is 4.24. The lowest BCUT2D eigenvalue weighted by atomic mass is 10.1. The standard InChI is InChI=1S/C19H18N6O/c1-13-6-7-18(14(2)8-13)26-12-15-4-3-5-17(9-15)21-11-16(10-20)19-22-24-25-23-19/h3-9,11,21H,12H2,1-2H3,(H,22,23,24,25). The molecule has 3 aromatic rings. The molecule has 0 saturated carbocycles. The van der Waals surface area contributed by atoms with Crippen LogP contribution in [0.3, 0.4) is 0 Å². The summed E-state index contributed by atoms with van der Waals surface area (Å²) in [5.74, 6) is 1.12. The predicted molar refractivity (Wildman–Crippen MR) is 98.1 cm³/mol. The SMILES string of the molecule is Cc1ccc(OCc2cccc(NC=C(C#N)c3nn[nH]n3)c2)c(C)c1. The summed E-state index contributed by atoms with van der Waals surface area (Å²) < 4.78 is 5.91. The lowest BCUT2D eigenvalue weighted by Crippen LogP contribution is -1.99. The van der Waals surface area contributed by atoms with Crippen LogP contribution in [0.15, 0.2) is 48.7 Å². The molecular formula is C19H18N6O. The number of nitrogens with one attached hydrogen (secondary N) is 2. The molecule has 0 aliphatic carbocycles. The highest BCUT2D eigenvalue weighted by molar-refractivity contribution is 5.74. The molecule has 0 aliphatic rings. The normalized spacial score (nSPS) is 11.0. The second-order valence-electron chi connectivity index (χ2n) is 5.81. The Morgan fingerprint density at radius 2 is 2.15 bits per heavy atom. The minimum Gasteiger partial charge on any atom is -0.489 e. The molecule has 0 unspecified atom stereocenters. The van der Waals surface area contributed by atoms with Gasteiger partial charge >= 0.3 is 0 Å². The lowest BCUT2D eigenvalue weighted by Gasteiger charge is -2.11. The molecule has 26 heavy (non-hydrogen) atoms. The number of ether oxygens (including phenoxy) is 1. The Bertz CT molecular complexity index is 956. The number of aryl methyl sites for hydroxylation is 2. The predicted octanol–water partition coefficient (Wildman–Crippen LogP) is 3.37. The molecule has 0 amide bonds. The quantitative estimate of drug-likeness (QED) is 0.664. The maximum absolute atomic E-state index is 9.19. The minimum atomic E-state index is 0.245. The first kappa shape index (κ1) is 17.2. The molecule has 7 nitrogen and oxygen atoms in total. The number of hydrogen-bond acceptors (Lipinski definition) is 6. The highest BCUT2D eigenvalue weighted by atomic mass is 16.5. The molecular weight excluding hydrogens is 328 g/mol. The summed E-state index contributed by atoms with van der Waals surface area (Å²) >= 11 is 0. The van der Waals surface area contributed by atoms with Crippen LogP contribution >= 0.6 is 0 Å². The molecule has 130 valence electrons. The van der Waals surface area contributed by atoms with Crippen molar-refractivity contribution in [2.45, 2.75) is 20.5 Å². The van der Waals surface area contributed by atoms with Crippen molar-refractivity contribution >= 4 is 11.3 Å². The first-order chi connectivity index (χ1) is 12.7. The van der Waals surface area contributed by atoms with E-state index in [0.717, 1.165) is 22.6 Å². The van der Waals surface area contributed by atoms with Crippen molar-refractivity contribution < 1.29 is 4.74 Å². The van der Waals surface area contributed by atoms with Crippen LogP contribution in [0.2, 0.25) is 0 Å². The van der Waals surface area contributed by atoms with Gasteiger partial charge in [-0.2, -0.15) is 10.5 Å². The van der Waals surface area contributed by atoms with Crippen molar-refractivity contribution in [2.24, 2.45) is 0 Å². The first-order valence-electron chi connectivity index (χ1n) is 8.05. The second kappa shape index (κ2) is 7.94. The van der Waals surface area contributed by atoms with Gasteiger partial charge in [-0.05, 0) is 48.4 Å². The van der Waals surface area contributed by atoms with E-state index in [-0.39, 0.29) is 11.4 Å². The number of tetrazole rings is 1. The van der Waals surface area contributed by atoms with Gasteiger partial charge in [0.25, 0.3) is 0 Å². The van der Waals surface area contributed by atoms with Gasteiger partial charge in [-0.1, -0.05) is 29.8 Å². The zero-order valence-corrected chi connectivity index (χ0v) is 14.5. The number of H-pyrrole nitrogens is 1. The van der Waals surface area contributed by atoms with E-state index >= 15 is 0 Å². The van der Waals surface area contributed by atoms with E-state index in [9.17, 15) is 5.26 Å². The van der Waals surface area contributed by atoms with Gasteiger partial charge in [0.05, 0.1) is 0 Å². The Morgan fingerprint density at radius 1 is 1.27 bits per heavy atom. The number of anilines is 1. The fourth-order valence-electron chi connectivity index (χ4n) is 2.45. The van der Waals surface area contributed by atoms with Crippen LogP contribution in [-0.4, -0.2) is 20.6 Å². The van der Waals surface area contributed by atoms with Crippen molar-refractivity contribution in [3.05, 3.63) is 71.2 Å². The van der Waals surface area contributed by atoms with Crippen LogP contribution in [0.1, 0.15) is 22.5 Å². The number of aromatic nitrogens is 4. The Hall–Kier alpha value is -3.66. The van der Waals surface area contributed by atoms with E-state index in [1.54, 1.807) is 6.20 Å². The molecule has 0 bridgehead atoms. The zero-order valence-electron chi connectivity index (χ0n) is 14.5. The molecule has 0 radical (unpaired) electrons. The Kier molecular flexibility index (Phi) is 5.25. The van der Waals surface area contributed by atoms with Crippen molar-refractivity contribution in [1.29, 1.82) is 5.26 Å². The smallest absolute Gasteiger partial charge is 0.216 e. The van der Waals surface area contributed by atoms with Crippen LogP contribution in [-0.2, 0) is 6.61 Å². The zero-order chi connectivity index (χ0) is 18.4. The molecule has 2 aromatic carbocycles. The van der Waals surface area contributed by atoms with Crippen molar-refractivity contribution in [1.82, 2.24) is 20.6 Å². The summed E-state index contributed by atoms with van der Waals surface area (Å²) in [5, 5.41) is 25.6. The molecule has 2 N–H and O–H groups in total. The van der Waals surface area contributed by atoms with E-state index in [0.29, 0.717) is 6.61 Å². The van der Waals surface area contributed by atoms with Crippen molar-refractivity contribution in [3.8, 4) is 11.8 Å². The molecule has 1 heterocycles. The van der Waals surface area contributed by atoms with Gasteiger partial charge in [0.15, 0.2) is 0 Å². The van der Waals surface area contributed by atoms with Gasteiger partial charge in [0.1, 0.15) is 24.0 Å². The minimum absolute atomic E-state index is 0.245. The van der Waals surface area contributed by atoms with E-state index in [4.69, 9.17) is 4.74 Å². The Balaban J connectivity index is 1.67. The van der Waals surface area contributed by atoms with Crippen LogP contribution < -0.4 is 10.1 Å². The summed E-state index contributed by atoms with van der Waals surface area (Å²) in [6.45, 7) is 4.55. The van der Waals surface area contributed by atoms with E-state index in [2.05, 4.69) is 38.9 Å². The number of benzene rings is 2. The first-order valence-corrected chi connectivity index (χ1v) is 8.05. The molecule has 0 spiro atoms. The topological polar surface area (TPSA) is 99.5 Å². The van der Waals surface area contributed by atoms with Gasteiger partial charge in [0.2, 0.25) is 5.82 Å². The lowest BCUT2D eigenvalue weighted by molar-refractivity contribution is 0.304. The van der Waals surface area contributed by atoms with Gasteiger partial charge in [-0.15, -0.1) is 10.2 Å². The van der Waals surface area contributed by atoms with Crippen molar-refractivity contribution in [3.63, 3.8) is 0 Å². The fraction of sp³-hybridized carbons (Fsp3) is 0.158. The summed E-state index contributed by atoms with van der Waals surface area (Å²) in [6.07, 6.45) is 1.55. The maximum atomic E-state index is 9.19. The monoisotopic (exact) mass is 346 g/mol. The summed E-state index contributed by atoms with van der Waals surface area (Å²) in [7, 11) is 0. The van der Waals surface area contributed by atoms with Crippen LogP contribution in [0, 0.1) is 25.2 Å². The third-order valence-corrected chi connectivity index (χ3v) is 3.74. The molecule has 0 fully saturated rings. The van der Waals surface area contributed by atoms with Gasteiger partial charge < -0.3 is 10.1 Å². The number of nitriles is 1. The largest absolute Gasteiger partial charge is 0.489 e. The summed E-state index contributed by atoms with van der Waals surface area (Å²) in [5.41, 5.74) is 4.46. The van der Waals surface area contributed by atoms with Crippen LogP contribution in [0.4, 0.5) is 5.69 Å². The molecule has 0 aliphatic heterocycles. The van der Waals surface area contributed by atoms with Crippen LogP contribution in [0.5, 0.6) is 5.75 Å². The summed E-state index contributed by atoms with van der Waals surface area (Å²) in [6, 6.07) is 15.9. The van der Waals surface area contributed by atoms with E-state index in [1.807, 2.05) is 49.4 Å². The second-order valence-corrected chi connectivity index (χ2v) is 5.81. The van der Waals surface area contributed by atoms with Crippen LogP contribution in [0.25, 0.3) is 5.57 Å². The number of hydrogen-bond donors (Lipinski definition) is 2. The third-order valence-electron chi connectivity index (χ3n) is 3.74. The molecule has 0 saturated heterocycles. The molecule has 3 rings (SSSR count). The number of aromatic amines is 1. The van der Waals surface area contributed by atoms with Gasteiger partial charge in [-0.25, -0.2) is 0 Å². The average Bonchev–Trinajstić information content (AvgIpc) is 3.16. The molecule has 1 aromatic heterocycles. The average molecular weight is 346 g/mol. The highest BCUT2D eigenvalue weighted by Crippen LogP contribution is 2.21. The van der Waals surface area contributed by atoms with E-state index in [1.165, 1.54) is 5.56 Å². The number of allylic oxidation sites excluding steroid dienone is 1. The molecule has 0 atom stereocenters. The maximum Gasteiger partial charge on any atom is 0.216 e. The van der Waals surface area contributed by atoms with Crippen molar-refractivity contribution in [2.75, 3.05) is 5.32 Å². The molecule has 7 heteroatoms.